The molecule has 0 aliphatic heterocycles. The van der Waals surface area contributed by atoms with E-state index in [0.717, 1.165) is 17.0 Å². The minimum atomic E-state index is -3.81. The predicted octanol–water partition coefficient (Wildman–Crippen LogP) is 3.14. The number of carbonyl (C=O) groups is 1. The van der Waals surface area contributed by atoms with Crippen LogP contribution in [0.5, 0.6) is 17.2 Å². The van der Waals surface area contributed by atoms with Gasteiger partial charge in [-0.2, -0.15) is 0 Å². The SMILES string of the molecule is COc1ccc(-c2csc(NC(=O)CCNS(=O)(=O)c3ccc(OC)c(OC)c3)n2)cc1. The third-order valence-corrected chi connectivity index (χ3v) is 6.66. The lowest BCUT2D eigenvalue weighted by Gasteiger charge is -2.11. The van der Waals surface area contributed by atoms with Crippen LogP contribution in [0.15, 0.2) is 52.7 Å². The van der Waals surface area contributed by atoms with Crippen molar-refractivity contribution in [3.05, 3.63) is 47.8 Å². The van der Waals surface area contributed by atoms with Crippen molar-refractivity contribution in [2.45, 2.75) is 11.3 Å². The molecule has 11 heteroatoms. The van der Waals surface area contributed by atoms with Crippen LogP contribution in [0.25, 0.3) is 11.3 Å². The van der Waals surface area contributed by atoms with E-state index >= 15 is 0 Å². The highest BCUT2D eigenvalue weighted by Crippen LogP contribution is 2.29. The Bertz CT molecular complexity index is 1180. The quantitative estimate of drug-likeness (QED) is 0.461. The fourth-order valence-corrected chi connectivity index (χ4v) is 4.56. The van der Waals surface area contributed by atoms with Gasteiger partial charge in [-0.3, -0.25) is 4.79 Å². The molecule has 170 valence electrons. The Morgan fingerprint density at radius 1 is 1.00 bits per heavy atom. The molecule has 0 aliphatic carbocycles. The maximum absolute atomic E-state index is 12.5. The highest BCUT2D eigenvalue weighted by molar-refractivity contribution is 7.89. The van der Waals surface area contributed by atoms with Crippen molar-refractivity contribution in [2.24, 2.45) is 0 Å². The summed E-state index contributed by atoms with van der Waals surface area (Å²) >= 11 is 1.29. The lowest BCUT2D eigenvalue weighted by atomic mass is 10.2. The zero-order valence-electron chi connectivity index (χ0n) is 17.7. The van der Waals surface area contributed by atoms with Gasteiger partial charge in [-0.05, 0) is 36.4 Å². The average molecular weight is 478 g/mol. The van der Waals surface area contributed by atoms with Gasteiger partial charge < -0.3 is 19.5 Å². The molecule has 32 heavy (non-hydrogen) atoms. The van der Waals surface area contributed by atoms with E-state index in [1.807, 2.05) is 29.6 Å². The van der Waals surface area contributed by atoms with E-state index in [9.17, 15) is 13.2 Å². The molecule has 1 amide bonds. The second-order valence-electron chi connectivity index (χ2n) is 6.48. The molecule has 0 unspecified atom stereocenters. The number of nitrogens with one attached hydrogen (secondary N) is 2. The maximum Gasteiger partial charge on any atom is 0.240 e. The highest BCUT2D eigenvalue weighted by Gasteiger charge is 2.17. The number of methoxy groups -OCH3 is 3. The van der Waals surface area contributed by atoms with Crippen molar-refractivity contribution < 1.29 is 27.4 Å². The molecule has 0 fully saturated rings. The van der Waals surface area contributed by atoms with Crippen LogP contribution >= 0.6 is 11.3 Å². The van der Waals surface area contributed by atoms with E-state index in [1.54, 1.807) is 7.11 Å². The molecule has 0 saturated heterocycles. The van der Waals surface area contributed by atoms with Gasteiger partial charge in [0.15, 0.2) is 16.6 Å². The first-order chi connectivity index (χ1) is 15.4. The molecule has 0 saturated carbocycles. The highest BCUT2D eigenvalue weighted by atomic mass is 32.2. The number of aromatic nitrogens is 1. The topological polar surface area (TPSA) is 116 Å². The Morgan fingerprint density at radius 2 is 1.72 bits per heavy atom. The van der Waals surface area contributed by atoms with Crippen LogP contribution in [0.4, 0.5) is 5.13 Å². The number of amides is 1. The van der Waals surface area contributed by atoms with Crippen LogP contribution in [-0.2, 0) is 14.8 Å². The van der Waals surface area contributed by atoms with Crippen molar-refractivity contribution in [1.29, 1.82) is 0 Å². The second kappa shape index (κ2) is 10.4. The fourth-order valence-electron chi connectivity index (χ4n) is 2.77. The number of hydrogen-bond acceptors (Lipinski definition) is 8. The number of sulfonamides is 1. The van der Waals surface area contributed by atoms with E-state index < -0.39 is 10.0 Å². The normalized spacial score (nSPS) is 11.1. The number of nitrogens with zero attached hydrogens (tertiary/aromatic N) is 1. The van der Waals surface area contributed by atoms with Crippen LogP contribution in [0.3, 0.4) is 0 Å². The molecule has 0 bridgehead atoms. The molecule has 0 atom stereocenters. The van der Waals surface area contributed by atoms with Crippen LogP contribution in [0.2, 0.25) is 0 Å². The summed E-state index contributed by atoms with van der Waals surface area (Å²) in [6, 6.07) is 11.7. The molecular weight excluding hydrogens is 454 g/mol. The lowest BCUT2D eigenvalue weighted by molar-refractivity contribution is -0.116. The molecule has 2 aromatic carbocycles. The maximum atomic E-state index is 12.5. The minimum absolute atomic E-state index is 0.0135. The van der Waals surface area contributed by atoms with Crippen LogP contribution in [-0.4, -0.2) is 47.2 Å². The molecule has 1 heterocycles. The van der Waals surface area contributed by atoms with Gasteiger partial charge >= 0.3 is 0 Å². The van der Waals surface area contributed by atoms with Crippen molar-refractivity contribution in [3.8, 4) is 28.5 Å². The average Bonchev–Trinajstić information content (AvgIpc) is 3.26. The summed E-state index contributed by atoms with van der Waals surface area (Å²) in [5.41, 5.74) is 1.62. The Kier molecular flexibility index (Phi) is 7.67. The first-order valence-corrected chi connectivity index (χ1v) is 11.8. The minimum Gasteiger partial charge on any atom is -0.497 e. The molecule has 0 aliphatic rings. The summed E-state index contributed by atoms with van der Waals surface area (Å²) in [4.78, 5) is 16.6. The van der Waals surface area contributed by atoms with E-state index in [-0.39, 0.29) is 23.8 Å². The predicted molar refractivity (Wildman–Crippen MR) is 122 cm³/mol. The number of benzene rings is 2. The molecule has 9 nitrogen and oxygen atoms in total. The second-order valence-corrected chi connectivity index (χ2v) is 9.10. The Labute approximate surface area is 190 Å². The first-order valence-electron chi connectivity index (χ1n) is 9.48. The number of ether oxygens (including phenoxy) is 3. The standard InChI is InChI=1S/C21H23N3O6S2/c1-28-15-6-4-14(5-7-15)17-13-31-21(23-17)24-20(25)10-11-22-32(26,27)16-8-9-18(29-2)19(12-16)30-3/h4-9,12-13,22H,10-11H2,1-3H3,(H,23,24,25). The summed E-state index contributed by atoms with van der Waals surface area (Å²) in [6.07, 6.45) is -0.0516. The zero-order valence-corrected chi connectivity index (χ0v) is 19.4. The fraction of sp³-hybridized carbons (Fsp3) is 0.238. The van der Waals surface area contributed by atoms with Crippen LogP contribution < -0.4 is 24.2 Å². The van der Waals surface area contributed by atoms with Crippen LogP contribution in [0.1, 0.15) is 6.42 Å². The molecule has 0 radical (unpaired) electrons. The Hall–Kier alpha value is -3.15. The van der Waals surface area contributed by atoms with Crippen LogP contribution in [0, 0.1) is 0 Å². The first kappa shape index (κ1) is 23.5. The molecule has 2 N–H and O–H groups in total. The monoisotopic (exact) mass is 477 g/mol. The smallest absolute Gasteiger partial charge is 0.240 e. The largest absolute Gasteiger partial charge is 0.497 e. The molecule has 3 aromatic rings. The number of anilines is 1. The van der Waals surface area contributed by atoms with Crippen molar-refractivity contribution >= 4 is 32.4 Å². The van der Waals surface area contributed by atoms with E-state index in [2.05, 4.69) is 15.0 Å². The molecule has 0 spiro atoms. The summed E-state index contributed by atoms with van der Waals surface area (Å²) < 4.78 is 42.8. The number of hydrogen-bond donors (Lipinski definition) is 2. The van der Waals surface area contributed by atoms with Gasteiger partial charge in [-0.1, -0.05) is 0 Å². The third-order valence-electron chi connectivity index (χ3n) is 4.45. The summed E-state index contributed by atoms with van der Waals surface area (Å²) in [5.74, 6) is 1.11. The third kappa shape index (κ3) is 5.75. The molecular formula is C21H23N3O6S2. The van der Waals surface area contributed by atoms with Gasteiger partial charge in [-0.15, -0.1) is 11.3 Å². The lowest BCUT2D eigenvalue weighted by Crippen LogP contribution is -2.27. The van der Waals surface area contributed by atoms with Gasteiger partial charge in [0.05, 0.1) is 31.9 Å². The van der Waals surface area contributed by atoms with Gasteiger partial charge in [-0.25, -0.2) is 18.1 Å². The van der Waals surface area contributed by atoms with Gasteiger partial charge in [0, 0.05) is 30.0 Å². The van der Waals surface area contributed by atoms with E-state index in [0.29, 0.717) is 16.6 Å². The zero-order chi connectivity index (χ0) is 23.1. The van der Waals surface area contributed by atoms with Gasteiger partial charge in [0.25, 0.3) is 0 Å². The Balaban J connectivity index is 1.54. The summed E-state index contributed by atoms with van der Waals surface area (Å²) in [5, 5.41) is 4.95. The van der Waals surface area contributed by atoms with Gasteiger partial charge in [0.1, 0.15) is 5.75 Å². The summed E-state index contributed by atoms with van der Waals surface area (Å²) in [7, 11) is 0.669. The van der Waals surface area contributed by atoms with Crippen molar-refractivity contribution in [1.82, 2.24) is 9.71 Å². The van der Waals surface area contributed by atoms with E-state index in [1.165, 1.54) is 43.8 Å². The molecule has 3 rings (SSSR count). The number of rotatable bonds is 10. The summed E-state index contributed by atoms with van der Waals surface area (Å²) in [6.45, 7) is -0.0702. The number of carbonyl (C=O) groups excluding carboxylic acids is 1. The molecule has 1 aromatic heterocycles. The number of thiazole rings is 1. The Morgan fingerprint density at radius 3 is 2.38 bits per heavy atom. The van der Waals surface area contributed by atoms with E-state index in [4.69, 9.17) is 14.2 Å². The van der Waals surface area contributed by atoms with Crippen molar-refractivity contribution in [2.75, 3.05) is 33.2 Å². The van der Waals surface area contributed by atoms with Crippen molar-refractivity contribution in [3.63, 3.8) is 0 Å². The van der Waals surface area contributed by atoms with Gasteiger partial charge in [0.2, 0.25) is 15.9 Å².